The van der Waals surface area contributed by atoms with Gasteiger partial charge in [0.05, 0.1) is 11.1 Å². The predicted molar refractivity (Wildman–Crippen MR) is 118 cm³/mol. The van der Waals surface area contributed by atoms with Gasteiger partial charge in [-0.1, -0.05) is 23.9 Å². The first kappa shape index (κ1) is 18.9. The molecule has 10 heteroatoms. The molecule has 0 spiro atoms. The van der Waals surface area contributed by atoms with Crippen molar-refractivity contribution >= 4 is 39.1 Å². The Bertz CT molecular complexity index is 1270. The van der Waals surface area contributed by atoms with Gasteiger partial charge in [-0.3, -0.25) is 0 Å². The minimum atomic E-state index is -0.433. The van der Waals surface area contributed by atoms with Crippen LogP contribution in [0.5, 0.6) is 11.5 Å². The number of hydrogen-bond acceptors (Lipinski definition) is 10. The average Bonchev–Trinajstić information content (AvgIpc) is 3.42. The van der Waals surface area contributed by atoms with E-state index in [0.29, 0.717) is 46.6 Å². The zero-order chi connectivity index (χ0) is 20.8. The number of rotatable bonds is 4. The molecule has 0 bridgehead atoms. The van der Waals surface area contributed by atoms with E-state index in [1.807, 2.05) is 24.3 Å². The number of nitrogens with zero attached hydrogens (tertiary/aromatic N) is 4. The number of thiophene rings is 1. The Kier molecular flexibility index (Phi) is 4.68. The van der Waals surface area contributed by atoms with Crippen molar-refractivity contribution < 1.29 is 13.9 Å². The van der Waals surface area contributed by atoms with Crippen molar-refractivity contribution in [1.82, 2.24) is 20.2 Å². The summed E-state index contributed by atoms with van der Waals surface area (Å²) in [6, 6.07) is 7.52. The van der Waals surface area contributed by atoms with Crippen LogP contribution in [0.1, 0.15) is 41.1 Å². The van der Waals surface area contributed by atoms with Gasteiger partial charge < -0.3 is 19.6 Å². The summed E-state index contributed by atoms with van der Waals surface area (Å²) >= 11 is 3.13. The molecule has 1 unspecified atom stereocenters. The highest BCUT2D eigenvalue weighted by molar-refractivity contribution is 7.98. The number of anilines is 1. The maximum absolute atomic E-state index is 6.30. The lowest BCUT2D eigenvalue weighted by Gasteiger charge is -2.23. The van der Waals surface area contributed by atoms with Crippen LogP contribution in [-0.4, -0.2) is 26.8 Å². The van der Waals surface area contributed by atoms with E-state index in [2.05, 4.69) is 15.2 Å². The van der Waals surface area contributed by atoms with E-state index in [-0.39, 0.29) is 0 Å². The molecule has 1 aliphatic heterocycles. The third-order valence-electron chi connectivity index (χ3n) is 5.42. The van der Waals surface area contributed by atoms with Crippen LogP contribution in [0.3, 0.4) is 0 Å². The van der Waals surface area contributed by atoms with Crippen molar-refractivity contribution in [3.8, 4) is 11.5 Å². The minimum Gasteiger partial charge on any atom is -0.485 e. The molecule has 8 nitrogen and oxygen atoms in total. The molecule has 2 N–H and O–H groups in total. The summed E-state index contributed by atoms with van der Waals surface area (Å²) in [5.74, 6) is 3.50. The van der Waals surface area contributed by atoms with E-state index in [4.69, 9.17) is 24.6 Å². The standard InChI is InChI=1S/C21H19N5O3S2/c22-18-17-11-5-1-4-8-15(11)31-20(17)24-16(23-18)10-30-21-26-25-19(29-21)14-9-27-12-6-2-3-7-13(12)28-14/h2-3,6-7,14H,1,4-5,8-10H2,(H2,22,23,24). The van der Waals surface area contributed by atoms with Crippen LogP contribution in [0.4, 0.5) is 5.82 Å². The largest absolute Gasteiger partial charge is 0.485 e. The third kappa shape index (κ3) is 3.49. The molecule has 1 aromatic carbocycles. The fraction of sp³-hybridized carbons (Fsp3) is 0.333. The molecule has 0 fully saturated rings. The number of nitrogen functional groups attached to an aromatic ring is 1. The highest BCUT2D eigenvalue weighted by atomic mass is 32.2. The molecule has 4 aromatic rings. The van der Waals surface area contributed by atoms with Crippen LogP contribution >= 0.6 is 23.1 Å². The lowest BCUT2D eigenvalue weighted by molar-refractivity contribution is 0.0686. The molecule has 1 aliphatic carbocycles. The van der Waals surface area contributed by atoms with Gasteiger partial charge in [0.1, 0.15) is 23.1 Å². The van der Waals surface area contributed by atoms with Gasteiger partial charge in [0.15, 0.2) is 11.5 Å². The number of aryl methyl sites for hydroxylation is 2. The molecule has 1 atom stereocenters. The Morgan fingerprint density at radius 3 is 2.90 bits per heavy atom. The highest BCUT2D eigenvalue weighted by Gasteiger charge is 2.27. The maximum atomic E-state index is 6.30. The summed E-state index contributed by atoms with van der Waals surface area (Å²) < 4.78 is 17.4. The van der Waals surface area contributed by atoms with E-state index in [1.54, 1.807) is 11.3 Å². The molecular formula is C21H19N5O3S2. The Balaban J connectivity index is 1.17. The van der Waals surface area contributed by atoms with E-state index in [0.717, 1.165) is 23.1 Å². The lowest BCUT2D eigenvalue weighted by atomic mass is 9.97. The lowest BCUT2D eigenvalue weighted by Crippen LogP contribution is -2.21. The number of para-hydroxylation sites is 2. The quantitative estimate of drug-likeness (QED) is 0.451. The Labute approximate surface area is 186 Å². The number of benzene rings is 1. The number of fused-ring (bicyclic) bond motifs is 4. The van der Waals surface area contributed by atoms with Gasteiger partial charge >= 0.3 is 0 Å². The Hall–Kier alpha value is -2.85. The normalized spacial score (nSPS) is 17.6. The van der Waals surface area contributed by atoms with Crippen LogP contribution in [0.2, 0.25) is 0 Å². The van der Waals surface area contributed by atoms with Gasteiger partial charge in [-0.15, -0.1) is 21.5 Å². The van der Waals surface area contributed by atoms with Crippen molar-refractivity contribution in [3.63, 3.8) is 0 Å². The van der Waals surface area contributed by atoms with Crippen molar-refractivity contribution in [2.45, 2.75) is 42.8 Å². The molecule has 3 aromatic heterocycles. The number of nitrogens with two attached hydrogens (primary N) is 1. The first-order chi connectivity index (χ1) is 15.2. The maximum Gasteiger partial charge on any atom is 0.277 e. The predicted octanol–water partition coefficient (Wildman–Crippen LogP) is 4.34. The molecule has 0 saturated heterocycles. The van der Waals surface area contributed by atoms with E-state index < -0.39 is 6.10 Å². The fourth-order valence-corrected chi connectivity index (χ4v) is 5.88. The molecular weight excluding hydrogens is 434 g/mol. The van der Waals surface area contributed by atoms with Gasteiger partial charge in [0, 0.05) is 4.88 Å². The van der Waals surface area contributed by atoms with Crippen molar-refractivity contribution in [1.29, 1.82) is 0 Å². The molecule has 0 amide bonds. The summed E-state index contributed by atoms with van der Waals surface area (Å²) in [4.78, 5) is 11.7. The van der Waals surface area contributed by atoms with Crippen molar-refractivity contribution in [3.05, 3.63) is 46.4 Å². The van der Waals surface area contributed by atoms with Crippen molar-refractivity contribution in [2.75, 3.05) is 12.3 Å². The van der Waals surface area contributed by atoms with Crippen LogP contribution in [0.15, 0.2) is 33.9 Å². The number of thioether (sulfide) groups is 1. The summed E-state index contributed by atoms with van der Waals surface area (Å²) in [5.41, 5.74) is 7.65. The van der Waals surface area contributed by atoms with E-state index in [9.17, 15) is 0 Å². The van der Waals surface area contributed by atoms with Gasteiger partial charge in [0.2, 0.25) is 6.10 Å². The van der Waals surface area contributed by atoms with Crippen LogP contribution in [-0.2, 0) is 18.6 Å². The molecule has 4 heterocycles. The smallest absolute Gasteiger partial charge is 0.277 e. The summed E-state index contributed by atoms with van der Waals surface area (Å²) in [6.45, 7) is 0.322. The molecule has 31 heavy (non-hydrogen) atoms. The van der Waals surface area contributed by atoms with Gasteiger partial charge in [-0.2, -0.15) is 0 Å². The first-order valence-corrected chi connectivity index (χ1v) is 12.0. The SMILES string of the molecule is Nc1nc(CSc2nnc(C3COc4ccccc4O3)o2)nc2sc3c(c12)CCCC3. The second-order valence-electron chi connectivity index (χ2n) is 7.48. The molecule has 0 saturated carbocycles. The van der Waals surface area contributed by atoms with Crippen LogP contribution in [0.25, 0.3) is 10.2 Å². The van der Waals surface area contributed by atoms with Gasteiger partial charge in [-0.05, 0) is 43.4 Å². The number of ether oxygens (including phenoxy) is 2. The van der Waals surface area contributed by atoms with Crippen LogP contribution < -0.4 is 15.2 Å². The molecule has 158 valence electrons. The van der Waals surface area contributed by atoms with Gasteiger partial charge in [-0.25, -0.2) is 9.97 Å². The van der Waals surface area contributed by atoms with Crippen LogP contribution in [0, 0.1) is 0 Å². The highest BCUT2D eigenvalue weighted by Crippen LogP contribution is 2.39. The van der Waals surface area contributed by atoms with E-state index >= 15 is 0 Å². The topological polar surface area (TPSA) is 109 Å². The summed E-state index contributed by atoms with van der Waals surface area (Å²) in [6.07, 6.45) is 4.19. The van der Waals surface area contributed by atoms with E-state index in [1.165, 1.54) is 35.0 Å². The van der Waals surface area contributed by atoms with Gasteiger partial charge in [0.25, 0.3) is 11.1 Å². The molecule has 6 rings (SSSR count). The first-order valence-electron chi connectivity index (χ1n) is 10.2. The summed E-state index contributed by atoms with van der Waals surface area (Å²) in [5, 5.41) is 9.74. The zero-order valence-electron chi connectivity index (χ0n) is 16.5. The summed E-state index contributed by atoms with van der Waals surface area (Å²) in [7, 11) is 0. The molecule has 0 radical (unpaired) electrons. The third-order valence-corrected chi connectivity index (χ3v) is 7.42. The average molecular weight is 454 g/mol. The molecule has 2 aliphatic rings. The van der Waals surface area contributed by atoms with Crippen molar-refractivity contribution in [2.24, 2.45) is 0 Å². The number of hydrogen-bond donors (Lipinski definition) is 1. The fourth-order valence-electron chi connectivity index (χ4n) is 3.97. The Morgan fingerprint density at radius 1 is 1.10 bits per heavy atom. The minimum absolute atomic E-state index is 0.322. The monoisotopic (exact) mass is 453 g/mol. The second-order valence-corrected chi connectivity index (χ2v) is 9.49. The zero-order valence-corrected chi connectivity index (χ0v) is 18.2. The second kappa shape index (κ2) is 7.69. The Morgan fingerprint density at radius 2 is 1.97 bits per heavy atom. The number of aromatic nitrogens is 4.